The van der Waals surface area contributed by atoms with Crippen LogP contribution in [0.2, 0.25) is 0 Å². The second kappa shape index (κ2) is 16.2. The van der Waals surface area contributed by atoms with Gasteiger partial charge in [0.25, 0.3) is 5.56 Å². The van der Waals surface area contributed by atoms with Gasteiger partial charge in [-0.15, -0.1) is 0 Å². The van der Waals surface area contributed by atoms with Gasteiger partial charge in [0, 0.05) is 37.1 Å². The SMILES string of the molecule is CC.Cc1ccccc(C)c(=O)[nH]nc1NCCCNC(=O)CCCc1nc(-c2ccc(C(C)(C)C)cc2)no1. The highest BCUT2D eigenvalue weighted by Gasteiger charge is 2.15. The average Bonchev–Trinajstić information content (AvgIpc) is 3.41. The third-order valence-electron chi connectivity index (χ3n) is 6.04. The molecular weight excluding hydrogens is 504 g/mol. The molecule has 9 nitrogen and oxygen atoms in total. The number of anilines is 1. The number of aromatic nitrogens is 4. The first-order valence-corrected chi connectivity index (χ1v) is 14.0. The zero-order valence-electron chi connectivity index (χ0n) is 24.9. The van der Waals surface area contributed by atoms with E-state index in [0.717, 1.165) is 11.1 Å². The van der Waals surface area contributed by atoms with E-state index < -0.39 is 0 Å². The molecule has 1 amide bonds. The molecule has 3 aromatic rings. The summed E-state index contributed by atoms with van der Waals surface area (Å²) in [6.45, 7) is 15.3. The Labute approximate surface area is 237 Å². The molecule has 0 aliphatic heterocycles. The molecule has 0 aliphatic carbocycles. The molecule has 1 aromatic carbocycles. The minimum absolute atomic E-state index is 0.0192. The number of aryl methyl sites for hydroxylation is 3. The Balaban J connectivity index is 0.00000274. The summed E-state index contributed by atoms with van der Waals surface area (Å²) in [5.41, 5.74) is 3.46. The molecule has 216 valence electrons. The molecule has 0 radical (unpaired) electrons. The summed E-state index contributed by atoms with van der Waals surface area (Å²) in [6, 6.07) is 15.5. The molecule has 0 saturated carbocycles. The number of H-pyrrole nitrogens is 1. The van der Waals surface area contributed by atoms with E-state index in [4.69, 9.17) is 4.52 Å². The Morgan fingerprint density at radius 3 is 2.30 bits per heavy atom. The lowest BCUT2D eigenvalue weighted by molar-refractivity contribution is -0.121. The fraction of sp³-hybridized carbons (Fsp3) is 0.452. The summed E-state index contributed by atoms with van der Waals surface area (Å²) >= 11 is 0. The van der Waals surface area contributed by atoms with Crippen LogP contribution in [0.5, 0.6) is 0 Å². The molecule has 2 heterocycles. The lowest BCUT2D eigenvalue weighted by atomic mass is 9.87. The van der Waals surface area contributed by atoms with Gasteiger partial charge in [-0.1, -0.05) is 88.3 Å². The van der Waals surface area contributed by atoms with Gasteiger partial charge in [0.05, 0.1) is 0 Å². The summed E-state index contributed by atoms with van der Waals surface area (Å²) < 4.78 is 5.37. The van der Waals surface area contributed by atoms with Gasteiger partial charge in [-0.2, -0.15) is 10.1 Å². The topological polar surface area (TPSA) is 126 Å². The Morgan fingerprint density at radius 2 is 1.62 bits per heavy atom. The number of hydrogen-bond donors (Lipinski definition) is 3. The van der Waals surface area contributed by atoms with Crippen molar-refractivity contribution in [1.82, 2.24) is 25.7 Å². The van der Waals surface area contributed by atoms with Crippen LogP contribution in [0.25, 0.3) is 11.4 Å². The fourth-order valence-corrected chi connectivity index (χ4v) is 3.62. The highest BCUT2D eigenvalue weighted by Crippen LogP contribution is 2.25. The molecule has 40 heavy (non-hydrogen) atoms. The number of amides is 1. The molecular formula is C31H44N6O3. The Hall–Kier alpha value is -4.01. The first kappa shape index (κ1) is 32.2. The number of nitrogens with zero attached hydrogens (tertiary/aromatic N) is 3. The Kier molecular flexibility index (Phi) is 13.0. The third-order valence-corrected chi connectivity index (χ3v) is 6.04. The van der Waals surface area contributed by atoms with Crippen molar-refractivity contribution in [2.45, 2.75) is 79.6 Å². The third kappa shape index (κ3) is 10.6. The van der Waals surface area contributed by atoms with Gasteiger partial charge >= 0.3 is 0 Å². The average molecular weight is 549 g/mol. The molecule has 9 heteroatoms. The molecule has 0 bridgehead atoms. The van der Waals surface area contributed by atoms with Gasteiger partial charge in [0.2, 0.25) is 17.6 Å². The van der Waals surface area contributed by atoms with Crippen LogP contribution in [-0.4, -0.2) is 39.3 Å². The molecule has 2 aromatic heterocycles. The van der Waals surface area contributed by atoms with Crippen molar-refractivity contribution in [3.05, 3.63) is 81.5 Å². The van der Waals surface area contributed by atoms with Crippen molar-refractivity contribution in [3.8, 4) is 11.4 Å². The van der Waals surface area contributed by atoms with Gasteiger partial charge in [-0.3, -0.25) is 9.59 Å². The van der Waals surface area contributed by atoms with E-state index in [-0.39, 0.29) is 16.9 Å². The zero-order chi connectivity index (χ0) is 29.5. The number of hydrogen-bond acceptors (Lipinski definition) is 7. The van der Waals surface area contributed by atoms with Gasteiger partial charge in [0.15, 0.2) is 0 Å². The van der Waals surface area contributed by atoms with E-state index in [1.54, 1.807) is 13.0 Å². The van der Waals surface area contributed by atoms with Gasteiger partial charge in [-0.25, -0.2) is 5.10 Å². The number of carbonyl (C=O) groups excluding carboxylic acids is 1. The van der Waals surface area contributed by atoms with Crippen LogP contribution < -0.4 is 16.2 Å². The van der Waals surface area contributed by atoms with Crippen LogP contribution in [-0.2, 0) is 16.6 Å². The van der Waals surface area contributed by atoms with Crippen molar-refractivity contribution >= 4 is 11.7 Å². The lowest BCUT2D eigenvalue weighted by Crippen LogP contribution is -2.25. The standard InChI is InChI=1S/C29H38N6O3.C2H6/c1-20-10-6-7-11-21(2)28(37)34-33-26(20)31-19-9-18-30-24(36)12-8-13-25-32-27(35-38-25)22-14-16-23(17-15-22)29(3,4)5;1-2/h6-7,10-11,14-17H,8-9,12-13,18-19H2,1-5H3,(H,30,36)(H,31,33)(H,34,37);1-2H3. The maximum Gasteiger partial charge on any atom is 0.267 e. The minimum atomic E-state index is -0.248. The van der Waals surface area contributed by atoms with Gasteiger partial charge in [0.1, 0.15) is 5.82 Å². The molecule has 3 N–H and O–H groups in total. The summed E-state index contributed by atoms with van der Waals surface area (Å²) in [5.74, 6) is 1.66. The van der Waals surface area contributed by atoms with Crippen LogP contribution in [0, 0.1) is 13.8 Å². The summed E-state index contributed by atoms with van der Waals surface area (Å²) in [5, 5.41) is 17.0. The highest BCUT2D eigenvalue weighted by atomic mass is 16.5. The molecule has 3 rings (SSSR count). The van der Waals surface area contributed by atoms with E-state index in [0.29, 0.717) is 61.9 Å². The van der Waals surface area contributed by atoms with Crippen LogP contribution in [0.15, 0.2) is 57.8 Å². The molecule has 0 saturated heterocycles. The van der Waals surface area contributed by atoms with Crippen LogP contribution in [0.1, 0.15) is 76.5 Å². The van der Waals surface area contributed by atoms with Crippen molar-refractivity contribution in [1.29, 1.82) is 0 Å². The number of benzene rings is 1. The van der Waals surface area contributed by atoms with Crippen LogP contribution in [0.4, 0.5) is 5.82 Å². The first-order valence-electron chi connectivity index (χ1n) is 14.0. The first-order chi connectivity index (χ1) is 19.1. The van der Waals surface area contributed by atoms with E-state index in [1.165, 1.54) is 5.56 Å². The summed E-state index contributed by atoms with van der Waals surface area (Å²) in [4.78, 5) is 28.7. The number of aromatic amines is 1. The normalized spacial score (nSPS) is 10.7. The Morgan fingerprint density at radius 1 is 0.950 bits per heavy atom. The van der Waals surface area contributed by atoms with Crippen molar-refractivity contribution < 1.29 is 9.32 Å². The largest absolute Gasteiger partial charge is 0.368 e. The van der Waals surface area contributed by atoms with Gasteiger partial charge < -0.3 is 15.2 Å². The maximum absolute atomic E-state index is 12.2. The second-order valence-corrected chi connectivity index (χ2v) is 10.3. The Bertz CT molecular complexity index is 1320. The fourth-order valence-electron chi connectivity index (χ4n) is 3.62. The predicted molar refractivity (Wildman–Crippen MR) is 161 cm³/mol. The minimum Gasteiger partial charge on any atom is -0.368 e. The predicted octanol–water partition coefficient (Wildman–Crippen LogP) is 5.83. The lowest BCUT2D eigenvalue weighted by Gasteiger charge is -2.18. The van der Waals surface area contributed by atoms with Crippen molar-refractivity contribution in [2.75, 3.05) is 18.4 Å². The van der Waals surface area contributed by atoms with E-state index in [2.05, 4.69) is 63.9 Å². The van der Waals surface area contributed by atoms with E-state index in [1.807, 2.05) is 51.1 Å². The maximum atomic E-state index is 12.2. The molecule has 0 atom stereocenters. The number of nitrogens with one attached hydrogen (secondary N) is 3. The molecule has 0 unspecified atom stereocenters. The monoisotopic (exact) mass is 548 g/mol. The zero-order valence-corrected chi connectivity index (χ0v) is 24.9. The number of carbonyl (C=O) groups is 1. The second-order valence-electron chi connectivity index (χ2n) is 10.3. The highest BCUT2D eigenvalue weighted by molar-refractivity contribution is 5.75. The molecule has 0 spiro atoms. The van der Waals surface area contributed by atoms with E-state index >= 15 is 0 Å². The van der Waals surface area contributed by atoms with E-state index in [9.17, 15) is 9.59 Å². The van der Waals surface area contributed by atoms with Crippen molar-refractivity contribution in [3.63, 3.8) is 0 Å². The molecule has 0 aliphatic rings. The summed E-state index contributed by atoms with van der Waals surface area (Å²) in [7, 11) is 0. The van der Waals surface area contributed by atoms with Gasteiger partial charge in [-0.05, 0) is 43.2 Å². The molecule has 0 fully saturated rings. The summed E-state index contributed by atoms with van der Waals surface area (Å²) in [6.07, 6.45) is 2.26. The van der Waals surface area contributed by atoms with Crippen molar-refractivity contribution in [2.24, 2.45) is 0 Å². The smallest absolute Gasteiger partial charge is 0.267 e. The quantitative estimate of drug-likeness (QED) is 0.272. The number of rotatable bonds is 10. The van der Waals surface area contributed by atoms with Crippen LogP contribution >= 0.6 is 0 Å². The van der Waals surface area contributed by atoms with Crippen LogP contribution in [0.3, 0.4) is 0 Å².